The summed E-state index contributed by atoms with van der Waals surface area (Å²) in [5.74, 6) is 0. The van der Waals surface area contributed by atoms with Crippen molar-refractivity contribution in [2.45, 2.75) is 24.7 Å². The van der Waals surface area contributed by atoms with Crippen LogP contribution in [0.3, 0.4) is 0 Å². The molecule has 1 aromatic rings. The minimum Gasteiger partial charge on any atom is -0.385 e. The highest BCUT2D eigenvalue weighted by Crippen LogP contribution is 2.16. The van der Waals surface area contributed by atoms with Gasteiger partial charge in [0.1, 0.15) is 0 Å². The van der Waals surface area contributed by atoms with Crippen molar-refractivity contribution >= 4 is 10.1 Å². The zero-order valence-electron chi connectivity index (χ0n) is 9.43. The van der Waals surface area contributed by atoms with Crippen LogP contribution in [0.15, 0.2) is 23.1 Å². The number of methoxy groups -OCH3 is 1. The lowest BCUT2D eigenvalue weighted by molar-refractivity contribution is 0.195. The van der Waals surface area contributed by atoms with Gasteiger partial charge in [0.25, 0.3) is 10.1 Å². The first-order chi connectivity index (χ1) is 7.45. The number of benzene rings is 1. The molecule has 0 spiro atoms. The lowest BCUT2D eigenvalue weighted by Gasteiger charge is -2.07. The largest absolute Gasteiger partial charge is 0.385 e. The fourth-order valence-electron chi connectivity index (χ4n) is 1.48. The maximum atomic E-state index is 11.0. The third-order valence-electron chi connectivity index (χ3n) is 2.41. The molecule has 16 heavy (non-hydrogen) atoms. The van der Waals surface area contributed by atoms with Crippen molar-refractivity contribution in [1.82, 2.24) is 0 Å². The Morgan fingerprint density at radius 2 is 2.06 bits per heavy atom. The quantitative estimate of drug-likeness (QED) is 0.634. The van der Waals surface area contributed by atoms with E-state index in [0.29, 0.717) is 6.61 Å². The first kappa shape index (κ1) is 13.2. The zero-order chi connectivity index (χ0) is 12.2. The molecule has 4 nitrogen and oxygen atoms in total. The number of hydrogen-bond donors (Lipinski definition) is 1. The summed E-state index contributed by atoms with van der Waals surface area (Å²) in [6.07, 6.45) is 1.56. The Labute approximate surface area is 96.0 Å². The Balaban J connectivity index is 2.91. The lowest BCUT2D eigenvalue weighted by atomic mass is 10.0. The number of aryl methyl sites for hydroxylation is 2. The molecule has 1 N–H and O–H groups in total. The van der Waals surface area contributed by atoms with Gasteiger partial charge in [0.05, 0.1) is 4.90 Å². The van der Waals surface area contributed by atoms with E-state index in [2.05, 4.69) is 0 Å². The molecular weight excluding hydrogens is 228 g/mol. The highest BCUT2D eigenvalue weighted by molar-refractivity contribution is 7.85. The first-order valence-electron chi connectivity index (χ1n) is 5.01. The summed E-state index contributed by atoms with van der Waals surface area (Å²) < 4.78 is 35.8. The summed E-state index contributed by atoms with van der Waals surface area (Å²) in [4.78, 5) is -0.0504. The molecule has 90 valence electrons. The van der Waals surface area contributed by atoms with E-state index >= 15 is 0 Å². The molecule has 0 aliphatic heterocycles. The lowest BCUT2D eigenvalue weighted by Crippen LogP contribution is -2.01. The van der Waals surface area contributed by atoms with Crippen molar-refractivity contribution in [2.24, 2.45) is 0 Å². The van der Waals surface area contributed by atoms with Crippen molar-refractivity contribution in [3.8, 4) is 0 Å². The molecule has 0 unspecified atom stereocenters. The molecule has 0 heterocycles. The van der Waals surface area contributed by atoms with Crippen molar-refractivity contribution < 1.29 is 17.7 Å². The highest BCUT2D eigenvalue weighted by Gasteiger charge is 2.10. The van der Waals surface area contributed by atoms with Crippen LogP contribution in [-0.4, -0.2) is 26.7 Å². The molecule has 5 heteroatoms. The molecule has 0 amide bonds. The molecule has 0 aromatic heterocycles. The van der Waals surface area contributed by atoms with Gasteiger partial charge in [-0.1, -0.05) is 6.07 Å². The summed E-state index contributed by atoms with van der Waals surface area (Å²) in [6, 6.07) is 4.62. The van der Waals surface area contributed by atoms with E-state index in [1.807, 2.05) is 6.92 Å². The third kappa shape index (κ3) is 3.59. The standard InChI is InChI=1S/C11H16O4S/c1-9-5-6-11(16(12,13)14)8-10(9)4-3-7-15-2/h5-6,8H,3-4,7H2,1-2H3,(H,12,13,14). The van der Waals surface area contributed by atoms with E-state index in [-0.39, 0.29) is 4.90 Å². The van der Waals surface area contributed by atoms with Gasteiger partial charge >= 0.3 is 0 Å². The van der Waals surface area contributed by atoms with Gasteiger partial charge in [0.2, 0.25) is 0 Å². The minimum atomic E-state index is -4.10. The number of hydrogen-bond acceptors (Lipinski definition) is 3. The van der Waals surface area contributed by atoms with Crippen LogP contribution in [0.4, 0.5) is 0 Å². The fraction of sp³-hybridized carbons (Fsp3) is 0.455. The summed E-state index contributed by atoms with van der Waals surface area (Å²) >= 11 is 0. The van der Waals surface area contributed by atoms with Crippen LogP contribution < -0.4 is 0 Å². The van der Waals surface area contributed by atoms with E-state index < -0.39 is 10.1 Å². The fourth-order valence-corrected chi connectivity index (χ4v) is 2.02. The van der Waals surface area contributed by atoms with Crippen LogP contribution in [0.25, 0.3) is 0 Å². The zero-order valence-corrected chi connectivity index (χ0v) is 10.3. The third-order valence-corrected chi connectivity index (χ3v) is 3.26. The molecule has 0 atom stereocenters. The van der Waals surface area contributed by atoms with Gasteiger partial charge in [-0.3, -0.25) is 4.55 Å². The van der Waals surface area contributed by atoms with Crippen LogP contribution in [0.2, 0.25) is 0 Å². The van der Waals surface area contributed by atoms with Crippen molar-refractivity contribution in [3.05, 3.63) is 29.3 Å². The van der Waals surface area contributed by atoms with E-state index in [4.69, 9.17) is 9.29 Å². The normalized spacial score (nSPS) is 11.7. The van der Waals surface area contributed by atoms with Crippen LogP contribution in [0.1, 0.15) is 17.5 Å². The molecule has 0 aliphatic rings. The molecule has 0 fully saturated rings. The molecule has 0 radical (unpaired) electrons. The molecule has 0 saturated carbocycles. The second-order valence-electron chi connectivity index (χ2n) is 3.66. The molecule has 0 aliphatic carbocycles. The minimum absolute atomic E-state index is 0.0504. The maximum Gasteiger partial charge on any atom is 0.294 e. The van der Waals surface area contributed by atoms with Gasteiger partial charge in [-0.25, -0.2) is 0 Å². The number of rotatable bonds is 5. The van der Waals surface area contributed by atoms with Gasteiger partial charge < -0.3 is 4.74 Å². The smallest absolute Gasteiger partial charge is 0.294 e. The molecule has 1 rings (SSSR count). The SMILES string of the molecule is COCCCc1cc(S(=O)(=O)O)ccc1C. The Morgan fingerprint density at radius 3 is 2.62 bits per heavy atom. The van der Waals surface area contributed by atoms with Crippen molar-refractivity contribution in [2.75, 3.05) is 13.7 Å². The second kappa shape index (κ2) is 5.43. The average Bonchev–Trinajstić information content (AvgIpc) is 2.19. The van der Waals surface area contributed by atoms with E-state index in [9.17, 15) is 8.42 Å². The summed E-state index contributed by atoms with van der Waals surface area (Å²) in [7, 11) is -2.48. The predicted octanol–water partition coefficient (Wildman–Crippen LogP) is 1.82. The highest BCUT2D eigenvalue weighted by atomic mass is 32.2. The van der Waals surface area contributed by atoms with Gasteiger partial charge in [-0.2, -0.15) is 8.42 Å². The van der Waals surface area contributed by atoms with Crippen LogP contribution in [0, 0.1) is 6.92 Å². The topological polar surface area (TPSA) is 63.6 Å². The molecule has 0 bridgehead atoms. The van der Waals surface area contributed by atoms with Crippen LogP contribution in [0.5, 0.6) is 0 Å². The Bertz CT molecular complexity index is 451. The first-order valence-corrected chi connectivity index (χ1v) is 6.45. The van der Waals surface area contributed by atoms with Crippen molar-refractivity contribution in [1.29, 1.82) is 0 Å². The maximum absolute atomic E-state index is 11.0. The Morgan fingerprint density at radius 1 is 1.38 bits per heavy atom. The van der Waals surface area contributed by atoms with E-state index in [1.54, 1.807) is 13.2 Å². The van der Waals surface area contributed by atoms with Crippen molar-refractivity contribution in [3.63, 3.8) is 0 Å². The van der Waals surface area contributed by atoms with E-state index in [0.717, 1.165) is 24.0 Å². The second-order valence-corrected chi connectivity index (χ2v) is 5.08. The summed E-state index contributed by atoms with van der Waals surface area (Å²) in [5, 5.41) is 0. The van der Waals surface area contributed by atoms with Gasteiger partial charge in [-0.15, -0.1) is 0 Å². The van der Waals surface area contributed by atoms with Crippen LogP contribution in [-0.2, 0) is 21.3 Å². The van der Waals surface area contributed by atoms with Crippen LogP contribution >= 0.6 is 0 Å². The van der Waals surface area contributed by atoms with Gasteiger partial charge in [0.15, 0.2) is 0 Å². The predicted molar refractivity (Wildman–Crippen MR) is 61.2 cm³/mol. The summed E-state index contributed by atoms with van der Waals surface area (Å²) in [6.45, 7) is 2.55. The van der Waals surface area contributed by atoms with Gasteiger partial charge in [0, 0.05) is 13.7 Å². The van der Waals surface area contributed by atoms with Gasteiger partial charge in [-0.05, 0) is 43.0 Å². The molecule has 1 aromatic carbocycles. The monoisotopic (exact) mass is 244 g/mol. The Kier molecular flexibility index (Phi) is 4.46. The average molecular weight is 244 g/mol. The molecule has 0 saturated heterocycles. The number of ether oxygens (including phenoxy) is 1. The molecular formula is C11H16O4S. The Hall–Kier alpha value is -0.910. The summed E-state index contributed by atoms with van der Waals surface area (Å²) in [5.41, 5.74) is 1.94. The van der Waals surface area contributed by atoms with E-state index in [1.165, 1.54) is 12.1 Å².